The molecule has 1 aliphatic rings. The summed E-state index contributed by atoms with van der Waals surface area (Å²) in [6.45, 7) is -0.129. The van der Waals surface area contributed by atoms with Gasteiger partial charge in [0.05, 0.1) is 0 Å². The average molecular weight is 385 g/mol. The number of hydrogen-bond acceptors (Lipinski definition) is 3. The molecule has 0 amide bonds. The van der Waals surface area contributed by atoms with Crippen LogP contribution >= 0.6 is 28.3 Å². The molecule has 0 radical (unpaired) electrons. The molecule has 10 heteroatoms. The van der Waals surface area contributed by atoms with E-state index in [2.05, 4.69) is 15.9 Å². The predicted octanol–water partition coefficient (Wildman–Crippen LogP) is 3.80. The van der Waals surface area contributed by atoms with Crippen LogP contribution in [0.25, 0.3) is 0 Å². The van der Waals surface area contributed by atoms with E-state index in [9.17, 15) is 22.0 Å². The minimum atomic E-state index is -5.73. The fourth-order valence-corrected chi connectivity index (χ4v) is 2.11. The van der Waals surface area contributed by atoms with Gasteiger partial charge in [-0.25, -0.2) is 0 Å². The van der Waals surface area contributed by atoms with E-state index in [0.717, 1.165) is 6.07 Å². The molecule has 2 N–H and O–H groups in total. The van der Waals surface area contributed by atoms with Crippen LogP contribution in [0, 0.1) is 0 Å². The van der Waals surface area contributed by atoms with Crippen LogP contribution in [-0.2, 0) is 0 Å². The zero-order chi connectivity index (χ0) is 14.4. The molecule has 1 aliphatic heterocycles. The van der Waals surface area contributed by atoms with Gasteiger partial charge in [0.15, 0.2) is 11.5 Å². The highest BCUT2D eigenvalue weighted by atomic mass is 79.9. The summed E-state index contributed by atoms with van der Waals surface area (Å²) in [7, 11) is 0. The van der Waals surface area contributed by atoms with Gasteiger partial charge in [-0.3, -0.25) is 0 Å². The summed E-state index contributed by atoms with van der Waals surface area (Å²) < 4.78 is 73.1. The molecule has 0 bridgehead atoms. The lowest BCUT2D eigenvalue weighted by atomic mass is 10.0. The lowest BCUT2D eigenvalue weighted by molar-refractivity contribution is -0.291. The van der Waals surface area contributed by atoms with E-state index < -0.39 is 23.7 Å². The molecule has 114 valence electrons. The van der Waals surface area contributed by atoms with Crippen molar-refractivity contribution in [1.29, 1.82) is 0 Å². The molecule has 0 fully saturated rings. The van der Waals surface area contributed by atoms with Crippen molar-refractivity contribution >= 4 is 28.3 Å². The predicted molar refractivity (Wildman–Crippen MR) is 65.4 cm³/mol. The maximum Gasteiger partial charge on any atom is 0.455 e. The first-order chi connectivity index (χ1) is 8.64. The molecule has 0 aromatic heterocycles. The number of halogens is 7. The van der Waals surface area contributed by atoms with Crippen molar-refractivity contribution < 1.29 is 31.4 Å². The Labute approximate surface area is 124 Å². The standard InChI is InChI=1S/C10H7BrF5NO2.ClH/c11-5-2-7-6(18-3-19-7)1-4(5)8(17)9(12,13)10(14,15)16;/h1-2,8H,3,17H2;1H/t8-;/m0./s1. The Morgan fingerprint density at radius 1 is 1.10 bits per heavy atom. The summed E-state index contributed by atoms with van der Waals surface area (Å²) in [6.07, 6.45) is -5.73. The highest BCUT2D eigenvalue weighted by Crippen LogP contribution is 2.47. The summed E-state index contributed by atoms with van der Waals surface area (Å²) in [4.78, 5) is 0. The summed E-state index contributed by atoms with van der Waals surface area (Å²) in [5.74, 6) is -4.73. The first-order valence-corrected chi connectivity index (χ1v) is 5.73. The Morgan fingerprint density at radius 2 is 1.60 bits per heavy atom. The van der Waals surface area contributed by atoms with Gasteiger partial charge < -0.3 is 15.2 Å². The SMILES string of the molecule is Cl.N[C@@H](c1cc2c(cc1Br)OCO2)C(F)(F)C(F)(F)F. The Hall–Kier alpha value is -0.800. The second-order valence-corrected chi connectivity index (χ2v) is 4.68. The quantitative estimate of drug-likeness (QED) is 0.789. The molecule has 20 heavy (non-hydrogen) atoms. The van der Waals surface area contributed by atoms with Crippen LogP contribution in [0.5, 0.6) is 11.5 Å². The molecular weight excluding hydrogens is 376 g/mol. The fourth-order valence-electron chi connectivity index (χ4n) is 1.54. The van der Waals surface area contributed by atoms with Crippen molar-refractivity contribution in [3.63, 3.8) is 0 Å². The van der Waals surface area contributed by atoms with Gasteiger partial charge in [0.1, 0.15) is 6.04 Å². The number of alkyl halides is 5. The molecule has 1 aromatic rings. The molecule has 1 aromatic carbocycles. The van der Waals surface area contributed by atoms with Crippen LogP contribution in [0.4, 0.5) is 22.0 Å². The van der Waals surface area contributed by atoms with Gasteiger partial charge in [-0.1, -0.05) is 15.9 Å². The topological polar surface area (TPSA) is 44.5 Å². The van der Waals surface area contributed by atoms with E-state index in [0.29, 0.717) is 0 Å². The van der Waals surface area contributed by atoms with Crippen LogP contribution in [-0.4, -0.2) is 18.9 Å². The molecule has 0 saturated heterocycles. The van der Waals surface area contributed by atoms with Crippen molar-refractivity contribution in [1.82, 2.24) is 0 Å². The van der Waals surface area contributed by atoms with Gasteiger partial charge in [0.25, 0.3) is 0 Å². The minimum absolute atomic E-state index is 0. The van der Waals surface area contributed by atoms with Gasteiger partial charge in [0.2, 0.25) is 6.79 Å². The normalized spacial score (nSPS) is 15.8. The monoisotopic (exact) mass is 383 g/mol. The van der Waals surface area contributed by atoms with Gasteiger partial charge >= 0.3 is 12.1 Å². The van der Waals surface area contributed by atoms with Gasteiger partial charge in [-0.15, -0.1) is 12.4 Å². The number of nitrogens with two attached hydrogens (primary N) is 1. The number of hydrogen-bond donors (Lipinski definition) is 1. The lowest BCUT2D eigenvalue weighted by Crippen LogP contribution is -2.46. The first-order valence-electron chi connectivity index (χ1n) is 4.93. The van der Waals surface area contributed by atoms with Crippen LogP contribution in [0.3, 0.4) is 0 Å². The summed E-state index contributed by atoms with van der Waals surface area (Å²) in [5.41, 5.74) is 4.65. The zero-order valence-corrected chi connectivity index (χ0v) is 11.9. The van der Waals surface area contributed by atoms with E-state index in [-0.39, 0.29) is 35.2 Å². The zero-order valence-electron chi connectivity index (χ0n) is 9.51. The number of rotatable bonds is 2. The number of benzene rings is 1. The third-order valence-electron chi connectivity index (χ3n) is 2.60. The third-order valence-corrected chi connectivity index (χ3v) is 3.28. The molecule has 0 unspecified atom stereocenters. The van der Waals surface area contributed by atoms with Crippen molar-refractivity contribution in [2.24, 2.45) is 5.73 Å². The first kappa shape index (κ1) is 17.3. The Balaban J connectivity index is 0.00000200. The Morgan fingerprint density at radius 3 is 2.10 bits per heavy atom. The van der Waals surface area contributed by atoms with Crippen LogP contribution in [0.1, 0.15) is 11.6 Å². The number of ether oxygens (including phenoxy) is 2. The van der Waals surface area contributed by atoms with Gasteiger partial charge in [0, 0.05) is 4.47 Å². The average Bonchev–Trinajstić information content (AvgIpc) is 2.72. The molecule has 0 aliphatic carbocycles. The van der Waals surface area contributed by atoms with Gasteiger partial charge in [-0.2, -0.15) is 22.0 Å². The highest BCUT2D eigenvalue weighted by molar-refractivity contribution is 9.10. The summed E-state index contributed by atoms with van der Waals surface area (Å²) >= 11 is 2.89. The van der Waals surface area contributed by atoms with Crippen molar-refractivity contribution in [2.45, 2.75) is 18.1 Å². The smallest absolute Gasteiger partial charge is 0.454 e. The minimum Gasteiger partial charge on any atom is -0.454 e. The van der Waals surface area contributed by atoms with Crippen molar-refractivity contribution in [2.75, 3.05) is 6.79 Å². The van der Waals surface area contributed by atoms with Crippen LogP contribution in [0.15, 0.2) is 16.6 Å². The molecule has 0 spiro atoms. The second-order valence-electron chi connectivity index (χ2n) is 3.83. The summed E-state index contributed by atoms with van der Waals surface area (Å²) in [6, 6.07) is -0.294. The maximum atomic E-state index is 13.2. The van der Waals surface area contributed by atoms with E-state index in [1.54, 1.807) is 0 Å². The largest absolute Gasteiger partial charge is 0.455 e. The molecule has 0 saturated carbocycles. The Bertz CT molecular complexity index is 511. The van der Waals surface area contributed by atoms with Gasteiger partial charge in [-0.05, 0) is 17.7 Å². The van der Waals surface area contributed by atoms with Crippen molar-refractivity contribution in [3.05, 3.63) is 22.2 Å². The lowest BCUT2D eigenvalue weighted by Gasteiger charge is -2.26. The van der Waals surface area contributed by atoms with Crippen molar-refractivity contribution in [3.8, 4) is 11.5 Å². The van der Waals surface area contributed by atoms with E-state index >= 15 is 0 Å². The molecule has 3 nitrogen and oxygen atoms in total. The van der Waals surface area contributed by atoms with E-state index in [4.69, 9.17) is 15.2 Å². The van der Waals surface area contributed by atoms with E-state index in [1.165, 1.54) is 6.07 Å². The highest BCUT2D eigenvalue weighted by Gasteiger charge is 2.62. The number of fused-ring (bicyclic) bond motifs is 1. The Kier molecular flexibility index (Phi) is 4.77. The molecular formula is C10H8BrClF5NO2. The molecule has 2 rings (SSSR count). The molecule has 1 atom stereocenters. The fraction of sp³-hybridized carbons (Fsp3) is 0.400. The molecule has 1 heterocycles. The van der Waals surface area contributed by atoms with Crippen LogP contribution in [0.2, 0.25) is 0 Å². The maximum absolute atomic E-state index is 13.2. The van der Waals surface area contributed by atoms with E-state index in [1.807, 2.05) is 0 Å². The second kappa shape index (κ2) is 5.53. The third kappa shape index (κ3) is 2.79. The summed E-state index contributed by atoms with van der Waals surface area (Å²) in [5, 5.41) is 0. The van der Waals surface area contributed by atoms with Crippen LogP contribution < -0.4 is 15.2 Å².